The Morgan fingerprint density at radius 2 is 1.73 bits per heavy atom. The standard InChI is InChI=1S/C23H21ClN2O4/c1-28-21-14-22(29-2)19(13-18(21)24)26-23(27)17-11-15-7-3-4-8-16(15)12-20(17)30-10-6-5-9-25/h3-4,7-8,11-14H,5-6,10H2,1-2H3,(H,26,27). The van der Waals surface area contributed by atoms with E-state index in [0.29, 0.717) is 53.0 Å². The van der Waals surface area contributed by atoms with Crippen molar-refractivity contribution in [3.63, 3.8) is 0 Å². The number of methoxy groups -OCH3 is 2. The van der Waals surface area contributed by atoms with Gasteiger partial charge in [-0.25, -0.2) is 0 Å². The first-order chi connectivity index (χ1) is 14.6. The first kappa shape index (κ1) is 21.3. The van der Waals surface area contributed by atoms with Crippen molar-refractivity contribution in [1.82, 2.24) is 0 Å². The third kappa shape index (κ3) is 4.76. The lowest BCUT2D eigenvalue weighted by Crippen LogP contribution is -2.15. The molecule has 0 saturated carbocycles. The fourth-order valence-electron chi connectivity index (χ4n) is 3.00. The summed E-state index contributed by atoms with van der Waals surface area (Å²) in [6, 6.07) is 16.6. The number of nitriles is 1. The summed E-state index contributed by atoms with van der Waals surface area (Å²) in [6.07, 6.45) is 0.961. The van der Waals surface area contributed by atoms with E-state index in [1.165, 1.54) is 14.2 Å². The summed E-state index contributed by atoms with van der Waals surface area (Å²) in [5.74, 6) is 0.943. The molecular formula is C23H21ClN2O4. The largest absolute Gasteiger partial charge is 0.495 e. The molecule has 0 aliphatic rings. The number of hydrogen-bond acceptors (Lipinski definition) is 5. The highest BCUT2D eigenvalue weighted by Crippen LogP contribution is 2.36. The number of carbonyl (C=O) groups excluding carboxylic acids is 1. The van der Waals surface area contributed by atoms with Gasteiger partial charge in [0.15, 0.2) is 0 Å². The van der Waals surface area contributed by atoms with Crippen molar-refractivity contribution >= 4 is 34.0 Å². The molecule has 3 rings (SSSR count). The molecule has 0 saturated heterocycles. The second-order valence-corrected chi connectivity index (χ2v) is 6.85. The van der Waals surface area contributed by atoms with Crippen molar-refractivity contribution in [2.75, 3.05) is 26.1 Å². The number of fused-ring (bicyclic) bond motifs is 1. The molecular weight excluding hydrogens is 404 g/mol. The smallest absolute Gasteiger partial charge is 0.259 e. The van der Waals surface area contributed by atoms with E-state index in [-0.39, 0.29) is 5.91 Å². The summed E-state index contributed by atoms with van der Waals surface area (Å²) < 4.78 is 16.4. The van der Waals surface area contributed by atoms with E-state index >= 15 is 0 Å². The topological polar surface area (TPSA) is 80.6 Å². The van der Waals surface area contributed by atoms with Crippen LogP contribution in [0.2, 0.25) is 5.02 Å². The maximum Gasteiger partial charge on any atom is 0.259 e. The summed E-state index contributed by atoms with van der Waals surface area (Å²) in [4.78, 5) is 13.1. The zero-order valence-electron chi connectivity index (χ0n) is 16.7. The fraction of sp³-hybridized carbons (Fsp3) is 0.217. The number of benzene rings is 3. The third-order valence-corrected chi connectivity index (χ3v) is 4.80. The van der Waals surface area contributed by atoms with E-state index in [1.54, 1.807) is 18.2 Å². The Balaban J connectivity index is 1.95. The Kier molecular flexibility index (Phi) is 6.99. The predicted octanol–water partition coefficient (Wildman–Crippen LogP) is 5.45. The SMILES string of the molecule is COc1cc(OC)c(NC(=O)c2cc3ccccc3cc2OCCCC#N)cc1Cl. The minimum atomic E-state index is -0.365. The van der Waals surface area contributed by atoms with E-state index in [2.05, 4.69) is 11.4 Å². The number of anilines is 1. The summed E-state index contributed by atoms with van der Waals surface area (Å²) in [5.41, 5.74) is 0.788. The van der Waals surface area contributed by atoms with Crippen molar-refractivity contribution in [3.8, 4) is 23.3 Å². The molecule has 0 fully saturated rings. The average molecular weight is 425 g/mol. The number of nitrogens with zero attached hydrogens (tertiary/aromatic N) is 1. The molecule has 0 heterocycles. The van der Waals surface area contributed by atoms with Gasteiger partial charge in [0.25, 0.3) is 5.91 Å². The monoisotopic (exact) mass is 424 g/mol. The van der Waals surface area contributed by atoms with Crippen molar-refractivity contribution in [2.24, 2.45) is 0 Å². The van der Waals surface area contributed by atoms with Gasteiger partial charge in [-0.15, -0.1) is 0 Å². The zero-order chi connectivity index (χ0) is 21.5. The van der Waals surface area contributed by atoms with Crippen molar-refractivity contribution < 1.29 is 19.0 Å². The van der Waals surface area contributed by atoms with E-state index in [9.17, 15) is 4.79 Å². The highest BCUT2D eigenvalue weighted by molar-refractivity contribution is 6.32. The normalized spacial score (nSPS) is 10.3. The molecule has 3 aromatic rings. The van der Waals surface area contributed by atoms with Gasteiger partial charge in [0.2, 0.25) is 0 Å². The molecule has 0 unspecified atom stereocenters. The molecule has 1 N–H and O–H groups in total. The predicted molar refractivity (Wildman–Crippen MR) is 117 cm³/mol. The molecule has 0 aliphatic heterocycles. The molecule has 0 spiro atoms. The highest BCUT2D eigenvalue weighted by atomic mass is 35.5. The van der Waals surface area contributed by atoms with Crippen molar-refractivity contribution in [2.45, 2.75) is 12.8 Å². The van der Waals surface area contributed by atoms with Gasteiger partial charge in [0.1, 0.15) is 17.2 Å². The van der Waals surface area contributed by atoms with Crippen molar-refractivity contribution in [1.29, 1.82) is 5.26 Å². The molecule has 154 valence electrons. The first-order valence-corrected chi connectivity index (χ1v) is 9.70. The van der Waals surface area contributed by atoms with Crippen LogP contribution in [0.25, 0.3) is 10.8 Å². The molecule has 0 aromatic heterocycles. The zero-order valence-corrected chi connectivity index (χ0v) is 17.5. The Morgan fingerprint density at radius 3 is 2.40 bits per heavy atom. The number of unbranched alkanes of at least 4 members (excludes halogenated alkanes) is 1. The van der Waals surface area contributed by atoms with Gasteiger partial charge in [-0.05, 0) is 35.4 Å². The summed E-state index contributed by atoms with van der Waals surface area (Å²) >= 11 is 6.21. The lowest BCUT2D eigenvalue weighted by Gasteiger charge is -2.15. The van der Waals surface area contributed by atoms with Crippen LogP contribution in [0.3, 0.4) is 0 Å². The summed E-state index contributed by atoms with van der Waals surface area (Å²) in [5, 5.41) is 13.8. The third-order valence-electron chi connectivity index (χ3n) is 4.51. The number of nitrogens with one attached hydrogen (secondary N) is 1. The van der Waals surface area contributed by atoms with Crippen LogP contribution in [-0.4, -0.2) is 26.7 Å². The van der Waals surface area contributed by atoms with Gasteiger partial charge >= 0.3 is 0 Å². The van der Waals surface area contributed by atoms with Gasteiger partial charge in [0, 0.05) is 12.5 Å². The summed E-state index contributed by atoms with van der Waals surface area (Å²) in [7, 11) is 3.00. The Hall–Kier alpha value is -3.43. The number of ether oxygens (including phenoxy) is 3. The van der Waals surface area contributed by atoms with E-state index in [1.807, 2.05) is 30.3 Å². The minimum absolute atomic E-state index is 0.337. The van der Waals surface area contributed by atoms with Gasteiger partial charge in [0.05, 0.1) is 43.2 Å². The lowest BCUT2D eigenvalue weighted by atomic mass is 10.0. The van der Waals surface area contributed by atoms with Crippen LogP contribution in [0.5, 0.6) is 17.2 Å². The number of amides is 1. The number of halogens is 1. The van der Waals surface area contributed by atoms with Crippen LogP contribution in [0, 0.1) is 11.3 Å². The average Bonchev–Trinajstić information content (AvgIpc) is 2.76. The molecule has 0 bridgehead atoms. The quantitative estimate of drug-likeness (QED) is 0.486. The number of rotatable bonds is 8. The van der Waals surface area contributed by atoms with Gasteiger partial charge in [-0.1, -0.05) is 35.9 Å². The second kappa shape index (κ2) is 9.86. The number of hydrogen-bond donors (Lipinski definition) is 1. The molecule has 0 aliphatic carbocycles. The van der Waals surface area contributed by atoms with Crippen molar-refractivity contribution in [3.05, 3.63) is 59.1 Å². The highest BCUT2D eigenvalue weighted by Gasteiger charge is 2.18. The molecule has 30 heavy (non-hydrogen) atoms. The molecule has 7 heteroatoms. The molecule has 0 radical (unpaired) electrons. The first-order valence-electron chi connectivity index (χ1n) is 9.32. The van der Waals surface area contributed by atoms with E-state index in [4.69, 9.17) is 31.1 Å². The van der Waals surface area contributed by atoms with Crippen LogP contribution in [-0.2, 0) is 0 Å². The second-order valence-electron chi connectivity index (χ2n) is 6.45. The Morgan fingerprint density at radius 1 is 1.03 bits per heavy atom. The van der Waals surface area contributed by atoms with Crippen LogP contribution in [0.15, 0.2) is 48.5 Å². The maximum absolute atomic E-state index is 13.1. The lowest BCUT2D eigenvalue weighted by molar-refractivity contribution is 0.102. The molecule has 3 aromatic carbocycles. The Labute approximate surface area is 179 Å². The molecule has 0 atom stereocenters. The van der Waals surface area contributed by atoms with Crippen LogP contribution in [0.4, 0.5) is 5.69 Å². The van der Waals surface area contributed by atoms with E-state index in [0.717, 1.165) is 10.8 Å². The number of carbonyl (C=O) groups is 1. The van der Waals surface area contributed by atoms with E-state index < -0.39 is 0 Å². The van der Waals surface area contributed by atoms with Gasteiger partial charge in [-0.2, -0.15) is 5.26 Å². The van der Waals surface area contributed by atoms with Gasteiger partial charge in [-0.3, -0.25) is 4.79 Å². The maximum atomic E-state index is 13.1. The molecule has 1 amide bonds. The minimum Gasteiger partial charge on any atom is -0.495 e. The van der Waals surface area contributed by atoms with Gasteiger partial charge < -0.3 is 19.5 Å². The fourth-order valence-corrected chi connectivity index (χ4v) is 3.24. The summed E-state index contributed by atoms with van der Waals surface area (Å²) in [6.45, 7) is 0.337. The van der Waals surface area contributed by atoms with Crippen LogP contribution >= 0.6 is 11.6 Å². The Bertz CT molecular complexity index is 1110. The van der Waals surface area contributed by atoms with Crippen LogP contribution in [0.1, 0.15) is 23.2 Å². The van der Waals surface area contributed by atoms with Crippen LogP contribution < -0.4 is 19.5 Å². The molecule has 6 nitrogen and oxygen atoms in total.